The number of hydrogen-bond acceptors (Lipinski definition) is 6. The first-order chi connectivity index (χ1) is 17.7. The van der Waals surface area contributed by atoms with Crippen LogP contribution >= 0.6 is 15.9 Å². The molecule has 2 aromatic rings. The molecular formula is C30H42BrNO5. The number of halogens is 1. The topological polar surface area (TPSA) is 49.4 Å². The van der Waals surface area contributed by atoms with Crippen LogP contribution in [0.1, 0.15) is 51.2 Å². The van der Waals surface area contributed by atoms with Crippen molar-refractivity contribution in [3.05, 3.63) is 45.9 Å². The van der Waals surface area contributed by atoms with Crippen LogP contribution < -0.4 is 18.9 Å². The SMILES string of the molecule is COc1ccc(C[C@H]2O[C@H]3C[C@@H](C)CC[C@@H]3C(C)(C)N2CCc2cc(OC)c(OC)cc2Br)cc1OC. The molecule has 0 bridgehead atoms. The number of fused-ring (bicyclic) bond motifs is 1. The van der Waals surface area contributed by atoms with Crippen molar-refractivity contribution in [1.29, 1.82) is 0 Å². The maximum Gasteiger partial charge on any atom is 0.161 e. The van der Waals surface area contributed by atoms with E-state index in [1.54, 1.807) is 28.4 Å². The first-order valence-corrected chi connectivity index (χ1v) is 14.0. The molecule has 1 heterocycles. The van der Waals surface area contributed by atoms with Crippen LogP contribution in [0.4, 0.5) is 0 Å². The van der Waals surface area contributed by atoms with Crippen LogP contribution in [0.25, 0.3) is 0 Å². The highest BCUT2D eigenvalue weighted by molar-refractivity contribution is 9.10. The Bertz CT molecular complexity index is 1070. The maximum atomic E-state index is 6.94. The molecule has 0 radical (unpaired) electrons. The zero-order valence-corrected chi connectivity index (χ0v) is 24.9. The van der Waals surface area contributed by atoms with Crippen LogP contribution in [-0.2, 0) is 17.6 Å². The highest BCUT2D eigenvalue weighted by Gasteiger charge is 2.50. The van der Waals surface area contributed by atoms with Crippen molar-refractivity contribution in [3.63, 3.8) is 0 Å². The molecule has 37 heavy (non-hydrogen) atoms. The first kappa shape index (κ1) is 28.1. The molecule has 4 atom stereocenters. The lowest BCUT2D eigenvalue weighted by Crippen LogP contribution is -2.65. The number of benzene rings is 2. The summed E-state index contributed by atoms with van der Waals surface area (Å²) in [7, 11) is 6.70. The molecule has 4 rings (SSSR count). The Morgan fingerprint density at radius 1 is 0.919 bits per heavy atom. The minimum absolute atomic E-state index is 0.00725. The average molecular weight is 577 g/mol. The Hall–Kier alpha value is -1.96. The summed E-state index contributed by atoms with van der Waals surface area (Å²) in [6, 6.07) is 10.3. The largest absolute Gasteiger partial charge is 0.493 e. The van der Waals surface area contributed by atoms with Gasteiger partial charge >= 0.3 is 0 Å². The predicted octanol–water partition coefficient (Wildman–Crippen LogP) is 6.51. The van der Waals surface area contributed by atoms with E-state index in [1.165, 1.54) is 24.0 Å². The monoisotopic (exact) mass is 575 g/mol. The Kier molecular flexibility index (Phi) is 8.97. The lowest BCUT2D eigenvalue weighted by molar-refractivity contribution is -0.232. The molecule has 0 spiro atoms. The Labute approximate surface area is 230 Å². The fourth-order valence-electron chi connectivity index (χ4n) is 6.27. The Morgan fingerprint density at radius 2 is 1.57 bits per heavy atom. The summed E-state index contributed by atoms with van der Waals surface area (Å²) in [5.41, 5.74) is 2.38. The van der Waals surface area contributed by atoms with Crippen LogP contribution in [0.3, 0.4) is 0 Å². The van der Waals surface area contributed by atoms with Crippen LogP contribution in [0.2, 0.25) is 0 Å². The zero-order valence-electron chi connectivity index (χ0n) is 23.3. The van der Waals surface area contributed by atoms with Gasteiger partial charge in [0.15, 0.2) is 23.0 Å². The van der Waals surface area contributed by atoms with E-state index in [0.29, 0.717) is 11.8 Å². The van der Waals surface area contributed by atoms with Gasteiger partial charge in [-0.2, -0.15) is 0 Å². The molecule has 7 heteroatoms. The van der Waals surface area contributed by atoms with Crippen LogP contribution in [0.15, 0.2) is 34.8 Å². The smallest absolute Gasteiger partial charge is 0.161 e. The maximum absolute atomic E-state index is 6.94. The fourth-order valence-corrected chi connectivity index (χ4v) is 6.80. The number of methoxy groups -OCH3 is 4. The zero-order chi connectivity index (χ0) is 26.7. The number of hydrogen-bond donors (Lipinski definition) is 0. The molecule has 1 aliphatic heterocycles. The van der Waals surface area contributed by atoms with Crippen LogP contribution in [0, 0.1) is 11.8 Å². The summed E-state index contributed by atoms with van der Waals surface area (Å²) in [6.45, 7) is 8.05. The third-order valence-electron chi connectivity index (χ3n) is 8.41. The van der Waals surface area contributed by atoms with Gasteiger partial charge in [-0.1, -0.05) is 35.3 Å². The van der Waals surface area contributed by atoms with E-state index in [-0.39, 0.29) is 17.9 Å². The number of ether oxygens (including phenoxy) is 5. The molecule has 204 valence electrons. The van der Waals surface area contributed by atoms with Crippen molar-refractivity contribution in [2.45, 2.75) is 70.7 Å². The average Bonchev–Trinajstić information content (AvgIpc) is 2.88. The molecule has 1 saturated heterocycles. The second-order valence-corrected chi connectivity index (χ2v) is 11.8. The summed E-state index contributed by atoms with van der Waals surface area (Å²) >= 11 is 3.75. The first-order valence-electron chi connectivity index (χ1n) is 13.2. The summed E-state index contributed by atoms with van der Waals surface area (Å²) in [5.74, 6) is 4.18. The quantitative estimate of drug-likeness (QED) is 0.339. The van der Waals surface area contributed by atoms with Crippen molar-refractivity contribution in [3.8, 4) is 23.0 Å². The number of nitrogens with zero attached hydrogens (tertiary/aromatic N) is 1. The van der Waals surface area contributed by atoms with Gasteiger partial charge in [-0.15, -0.1) is 0 Å². The molecule has 0 amide bonds. The molecule has 2 aromatic carbocycles. The summed E-state index contributed by atoms with van der Waals surface area (Å²) in [6.07, 6.45) is 5.51. The van der Waals surface area contributed by atoms with Crippen LogP contribution in [-0.4, -0.2) is 57.8 Å². The lowest BCUT2D eigenvalue weighted by Gasteiger charge is -2.57. The lowest BCUT2D eigenvalue weighted by atomic mass is 9.69. The minimum atomic E-state index is -0.0291. The molecular weight excluding hydrogens is 534 g/mol. The molecule has 2 aliphatic rings. The summed E-state index contributed by atoms with van der Waals surface area (Å²) < 4.78 is 30.1. The summed E-state index contributed by atoms with van der Waals surface area (Å²) in [5, 5.41) is 0. The molecule has 1 aliphatic carbocycles. The van der Waals surface area contributed by atoms with Gasteiger partial charge in [0.1, 0.15) is 6.23 Å². The third kappa shape index (κ3) is 5.89. The van der Waals surface area contributed by atoms with Gasteiger partial charge in [0, 0.05) is 28.9 Å². The molecule has 2 fully saturated rings. The number of rotatable bonds is 9. The second-order valence-electron chi connectivity index (χ2n) is 10.9. The Morgan fingerprint density at radius 3 is 2.24 bits per heavy atom. The van der Waals surface area contributed by atoms with Crippen molar-refractivity contribution in [2.24, 2.45) is 11.8 Å². The van der Waals surface area contributed by atoms with Gasteiger partial charge in [0.2, 0.25) is 0 Å². The predicted molar refractivity (Wildman–Crippen MR) is 150 cm³/mol. The fraction of sp³-hybridized carbons (Fsp3) is 0.600. The molecule has 0 N–H and O–H groups in total. The van der Waals surface area contributed by atoms with Gasteiger partial charge in [0.05, 0.1) is 34.5 Å². The minimum Gasteiger partial charge on any atom is -0.493 e. The van der Waals surface area contributed by atoms with E-state index >= 15 is 0 Å². The highest BCUT2D eigenvalue weighted by Crippen LogP contribution is 2.46. The van der Waals surface area contributed by atoms with E-state index in [0.717, 1.165) is 53.3 Å². The van der Waals surface area contributed by atoms with Gasteiger partial charge in [-0.05, 0) is 74.4 Å². The third-order valence-corrected chi connectivity index (χ3v) is 9.15. The van der Waals surface area contributed by atoms with Crippen LogP contribution in [0.5, 0.6) is 23.0 Å². The molecule has 0 unspecified atom stereocenters. The molecule has 6 nitrogen and oxygen atoms in total. The van der Waals surface area contributed by atoms with Gasteiger partial charge in [-0.3, -0.25) is 4.90 Å². The molecule has 0 aromatic heterocycles. The van der Waals surface area contributed by atoms with Crippen molar-refractivity contribution < 1.29 is 23.7 Å². The standard InChI is InChI=1S/C30H42BrNO5/c1-19-8-10-22-25(14-19)37-29(16-20-9-11-24(33-4)26(15-20)34-5)32(30(22,2)3)13-12-21-17-27(35-6)28(36-7)18-23(21)31/h9,11,15,17-19,22,25,29H,8,10,12-14,16H2,1-7H3/t19-,22-,25-,29+/m0/s1. The van der Waals surface area contributed by atoms with Crippen molar-refractivity contribution in [1.82, 2.24) is 4.90 Å². The van der Waals surface area contributed by atoms with Gasteiger partial charge in [-0.25, -0.2) is 0 Å². The van der Waals surface area contributed by atoms with E-state index in [1.807, 2.05) is 12.1 Å². The van der Waals surface area contributed by atoms with Crippen molar-refractivity contribution in [2.75, 3.05) is 35.0 Å². The Balaban J connectivity index is 1.63. The van der Waals surface area contributed by atoms with Crippen molar-refractivity contribution >= 4 is 15.9 Å². The van der Waals surface area contributed by atoms with E-state index in [2.05, 4.69) is 59.8 Å². The van der Waals surface area contributed by atoms with Gasteiger partial charge < -0.3 is 23.7 Å². The van der Waals surface area contributed by atoms with Gasteiger partial charge in [0.25, 0.3) is 0 Å². The normalized spacial score (nSPS) is 25.3. The molecule has 1 saturated carbocycles. The van der Waals surface area contributed by atoms with E-state index < -0.39 is 0 Å². The van der Waals surface area contributed by atoms with E-state index in [9.17, 15) is 0 Å². The highest BCUT2D eigenvalue weighted by atomic mass is 79.9. The van der Waals surface area contributed by atoms with E-state index in [4.69, 9.17) is 23.7 Å². The summed E-state index contributed by atoms with van der Waals surface area (Å²) in [4.78, 5) is 2.59. The second kappa shape index (κ2) is 11.8.